The SMILES string of the molecule is NC(=O)c1ccc(N)c(Nc2ccccc2Cl)n1. The van der Waals surface area contributed by atoms with Gasteiger partial charge in [-0.3, -0.25) is 4.79 Å². The maximum atomic E-state index is 11.0. The van der Waals surface area contributed by atoms with E-state index in [0.29, 0.717) is 22.2 Å². The summed E-state index contributed by atoms with van der Waals surface area (Å²) in [6.45, 7) is 0. The molecule has 0 saturated carbocycles. The van der Waals surface area contributed by atoms with Gasteiger partial charge in [-0.15, -0.1) is 0 Å². The number of para-hydroxylation sites is 1. The fourth-order valence-electron chi connectivity index (χ4n) is 1.40. The lowest BCUT2D eigenvalue weighted by atomic mass is 10.3. The van der Waals surface area contributed by atoms with Crippen LogP contribution in [-0.4, -0.2) is 10.9 Å². The van der Waals surface area contributed by atoms with Crippen molar-refractivity contribution >= 4 is 34.7 Å². The van der Waals surface area contributed by atoms with Crippen LogP contribution in [0.2, 0.25) is 5.02 Å². The van der Waals surface area contributed by atoms with E-state index in [-0.39, 0.29) is 5.69 Å². The van der Waals surface area contributed by atoms with Gasteiger partial charge < -0.3 is 16.8 Å². The number of nitrogen functional groups attached to an aromatic ring is 1. The second kappa shape index (κ2) is 4.93. The number of carbonyl (C=O) groups excluding carboxylic acids is 1. The Hall–Kier alpha value is -2.27. The molecule has 0 aliphatic rings. The van der Waals surface area contributed by atoms with E-state index in [4.69, 9.17) is 23.1 Å². The lowest BCUT2D eigenvalue weighted by Gasteiger charge is -2.10. The third-order valence-corrected chi connectivity index (χ3v) is 2.64. The highest BCUT2D eigenvalue weighted by molar-refractivity contribution is 6.33. The molecule has 0 atom stereocenters. The molecule has 1 aromatic carbocycles. The smallest absolute Gasteiger partial charge is 0.267 e. The molecule has 5 nitrogen and oxygen atoms in total. The Balaban J connectivity index is 2.37. The molecular weight excluding hydrogens is 252 g/mol. The molecule has 0 aliphatic carbocycles. The summed E-state index contributed by atoms with van der Waals surface area (Å²) in [5, 5.41) is 3.49. The summed E-state index contributed by atoms with van der Waals surface area (Å²) in [7, 11) is 0. The Morgan fingerprint density at radius 3 is 2.61 bits per heavy atom. The summed E-state index contributed by atoms with van der Waals surface area (Å²) < 4.78 is 0. The third-order valence-electron chi connectivity index (χ3n) is 2.31. The minimum absolute atomic E-state index is 0.138. The number of nitrogens with one attached hydrogen (secondary N) is 1. The molecule has 5 N–H and O–H groups in total. The quantitative estimate of drug-likeness (QED) is 0.790. The van der Waals surface area contributed by atoms with Gasteiger partial charge in [-0.1, -0.05) is 23.7 Å². The summed E-state index contributed by atoms with van der Waals surface area (Å²) in [5.74, 6) is -0.267. The van der Waals surface area contributed by atoms with E-state index in [0.717, 1.165) is 0 Å². The van der Waals surface area contributed by atoms with E-state index in [1.165, 1.54) is 6.07 Å². The van der Waals surface area contributed by atoms with Crippen LogP contribution in [0.5, 0.6) is 0 Å². The first-order valence-electron chi connectivity index (χ1n) is 5.16. The number of hydrogen-bond donors (Lipinski definition) is 3. The average molecular weight is 263 g/mol. The lowest BCUT2D eigenvalue weighted by molar-refractivity contribution is 0.0996. The van der Waals surface area contributed by atoms with Crippen molar-refractivity contribution in [3.63, 3.8) is 0 Å². The van der Waals surface area contributed by atoms with Crippen LogP contribution in [0.3, 0.4) is 0 Å². The number of primary amides is 1. The van der Waals surface area contributed by atoms with Crippen LogP contribution in [0.1, 0.15) is 10.5 Å². The van der Waals surface area contributed by atoms with Crippen molar-refractivity contribution in [3.05, 3.63) is 47.1 Å². The van der Waals surface area contributed by atoms with Crippen molar-refractivity contribution in [2.45, 2.75) is 0 Å². The number of rotatable bonds is 3. The maximum Gasteiger partial charge on any atom is 0.267 e. The number of amides is 1. The lowest BCUT2D eigenvalue weighted by Crippen LogP contribution is -2.14. The molecule has 0 aliphatic heterocycles. The standard InChI is InChI=1S/C12H11ClN4O/c13-7-3-1-2-4-9(7)16-12-8(14)5-6-10(17-12)11(15)18/h1-6H,14H2,(H2,15,18)(H,16,17). The Kier molecular flexibility index (Phi) is 3.34. The van der Waals surface area contributed by atoms with Crippen LogP contribution in [-0.2, 0) is 0 Å². The van der Waals surface area contributed by atoms with Gasteiger partial charge in [0.15, 0.2) is 5.82 Å². The Bertz CT molecular complexity index is 600. The zero-order chi connectivity index (χ0) is 13.1. The molecule has 0 spiro atoms. The van der Waals surface area contributed by atoms with Crippen LogP contribution in [0.4, 0.5) is 17.2 Å². The number of aromatic nitrogens is 1. The van der Waals surface area contributed by atoms with Gasteiger partial charge in [-0.25, -0.2) is 4.98 Å². The molecule has 0 unspecified atom stereocenters. The molecule has 0 bridgehead atoms. The zero-order valence-corrected chi connectivity index (χ0v) is 10.1. The normalized spacial score (nSPS) is 10.1. The summed E-state index contributed by atoms with van der Waals surface area (Å²) in [5.41, 5.74) is 12.1. The first-order chi connectivity index (χ1) is 8.58. The second-order valence-electron chi connectivity index (χ2n) is 3.60. The Labute approximate surface area is 109 Å². The highest BCUT2D eigenvalue weighted by Gasteiger charge is 2.08. The molecular formula is C12H11ClN4O. The van der Waals surface area contributed by atoms with Crippen molar-refractivity contribution in [2.75, 3.05) is 11.1 Å². The Morgan fingerprint density at radius 2 is 1.94 bits per heavy atom. The molecule has 2 rings (SSSR count). The van der Waals surface area contributed by atoms with Gasteiger partial charge >= 0.3 is 0 Å². The third kappa shape index (κ3) is 2.52. The molecule has 18 heavy (non-hydrogen) atoms. The van der Waals surface area contributed by atoms with E-state index < -0.39 is 5.91 Å². The summed E-state index contributed by atoms with van der Waals surface area (Å²) in [6, 6.07) is 10.2. The number of anilines is 3. The fraction of sp³-hybridized carbons (Fsp3) is 0. The number of pyridine rings is 1. The number of hydrogen-bond acceptors (Lipinski definition) is 4. The first-order valence-corrected chi connectivity index (χ1v) is 5.53. The average Bonchev–Trinajstić information content (AvgIpc) is 2.34. The van der Waals surface area contributed by atoms with E-state index in [2.05, 4.69) is 10.3 Å². The fourth-order valence-corrected chi connectivity index (χ4v) is 1.58. The van der Waals surface area contributed by atoms with E-state index in [1.807, 2.05) is 12.1 Å². The van der Waals surface area contributed by atoms with Crippen molar-refractivity contribution in [2.24, 2.45) is 5.73 Å². The van der Waals surface area contributed by atoms with Gasteiger partial charge in [0, 0.05) is 0 Å². The van der Waals surface area contributed by atoms with Gasteiger partial charge in [0.1, 0.15) is 5.69 Å². The highest BCUT2D eigenvalue weighted by Crippen LogP contribution is 2.26. The molecule has 1 amide bonds. The first kappa shape index (κ1) is 12.2. The molecule has 6 heteroatoms. The van der Waals surface area contributed by atoms with Gasteiger partial charge in [-0.2, -0.15) is 0 Å². The number of nitrogens with two attached hydrogens (primary N) is 2. The highest BCUT2D eigenvalue weighted by atomic mass is 35.5. The maximum absolute atomic E-state index is 11.0. The second-order valence-corrected chi connectivity index (χ2v) is 4.01. The van der Waals surface area contributed by atoms with Crippen molar-refractivity contribution < 1.29 is 4.79 Å². The molecule has 1 aromatic heterocycles. The van der Waals surface area contributed by atoms with Crippen LogP contribution in [0.15, 0.2) is 36.4 Å². The van der Waals surface area contributed by atoms with Crippen LogP contribution < -0.4 is 16.8 Å². The molecule has 0 saturated heterocycles. The number of halogens is 1. The van der Waals surface area contributed by atoms with Crippen molar-refractivity contribution in [1.29, 1.82) is 0 Å². The van der Waals surface area contributed by atoms with Gasteiger partial charge in [0.2, 0.25) is 0 Å². The topological polar surface area (TPSA) is 94.0 Å². The number of carbonyl (C=O) groups is 1. The largest absolute Gasteiger partial charge is 0.396 e. The van der Waals surface area contributed by atoms with Crippen LogP contribution in [0.25, 0.3) is 0 Å². The molecule has 0 radical (unpaired) electrons. The monoisotopic (exact) mass is 262 g/mol. The van der Waals surface area contributed by atoms with Crippen molar-refractivity contribution in [3.8, 4) is 0 Å². The zero-order valence-electron chi connectivity index (χ0n) is 9.35. The van der Waals surface area contributed by atoms with E-state index >= 15 is 0 Å². The summed E-state index contributed by atoms with van der Waals surface area (Å²) >= 11 is 6.01. The predicted octanol–water partition coefficient (Wildman–Crippen LogP) is 2.16. The molecule has 1 heterocycles. The molecule has 2 aromatic rings. The summed E-state index contributed by atoms with van der Waals surface area (Å²) in [4.78, 5) is 15.1. The van der Waals surface area contributed by atoms with E-state index in [1.54, 1.807) is 18.2 Å². The number of nitrogens with zero attached hydrogens (tertiary/aromatic N) is 1. The Morgan fingerprint density at radius 1 is 1.22 bits per heavy atom. The minimum atomic E-state index is -0.614. The van der Waals surface area contributed by atoms with Crippen molar-refractivity contribution in [1.82, 2.24) is 4.98 Å². The summed E-state index contributed by atoms with van der Waals surface area (Å²) in [6.07, 6.45) is 0. The van der Waals surface area contributed by atoms with Crippen LogP contribution in [0, 0.1) is 0 Å². The molecule has 92 valence electrons. The van der Waals surface area contributed by atoms with Gasteiger partial charge in [-0.05, 0) is 24.3 Å². The minimum Gasteiger partial charge on any atom is -0.396 e. The molecule has 0 fully saturated rings. The van der Waals surface area contributed by atoms with Gasteiger partial charge in [0.25, 0.3) is 5.91 Å². The van der Waals surface area contributed by atoms with Gasteiger partial charge in [0.05, 0.1) is 16.4 Å². The van der Waals surface area contributed by atoms with E-state index in [9.17, 15) is 4.79 Å². The van der Waals surface area contributed by atoms with Crippen LogP contribution >= 0.6 is 11.6 Å². The number of benzene rings is 1. The predicted molar refractivity (Wildman–Crippen MR) is 71.9 cm³/mol.